The third-order valence-corrected chi connectivity index (χ3v) is 16.2. The minimum atomic E-state index is -2.82. The summed E-state index contributed by atoms with van der Waals surface area (Å²) in [5, 5.41) is 17.0. The first kappa shape index (κ1) is 36.6. The maximum absolute atomic E-state index is 9.73. The number of rotatable bonds is 8. The van der Waals surface area contributed by atoms with Crippen molar-refractivity contribution in [2.24, 2.45) is 0 Å². The lowest BCUT2D eigenvalue weighted by Gasteiger charge is -2.34. The highest BCUT2D eigenvalue weighted by molar-refractivity contribution is 7.19. The van der Waals surface area contributed by atoms with Crippen LogP contribution < -0.4 is 20.7 Å². The Balaban J connectivity index is 1.19. The molecule has 0 N–H and O–H groups in total. The van der Waals surface area contributed by atoms with E-state index in [-0.39, 0.29) is 0 Å². The Morgan fingerprint density at radius 2 is 0.917 bits per heavy atom. The highest BCUT2D eigenvalue weighted by Crippen LogP contribution is 2.34. The van der Waals surface area contributed by atoms with Crippen molar-refractivity contribution in [2.45, 2.75) is 13.8 Å². The molecule has 0 fully saturated rings. The Bertz CT molecular complexity index is 3130. The summed E-state index contributed by atoms with van der Waals surface area (Å²) in [6.07, 6.45) is 0. The minimum Gasteiger partial charge on any atom is -0.309 e. The predicted molar refractivity (Wildman–Crippen MR) is 248 cm³/mol. The molecule has 0 spiro atoms. The highest BCUT2D eigenvalue weighted by atomic mass is 28.3. The second-order valence-corrected chi connectivity index (χ2v) is 19.2. The summed E-state index contributed by atoms with van der Waals surface area (Å²) >= 11 is 0. The van der Waals surface area contributed by atoms with Crippen molar-refractivity contribution >= 4 is 50.6 Å². The van der Waals surface area contributed by atoms with Gasteiger partial charge in [0.05, 0.1) is 22.7 Å². The maximum atomic E-state index is 9.73. The van der Waals surface area contributed by atoms with Crippen molar-refractivity contribution in [1.29, 1.82) is 5.26 Å². The van der Waals surface area contributed by atoms with Crippen LogP contribution in [0.3, 0.4) is 0 Å². The molecule has 284 valence electrons. The van der Waals surface area contributed by atoms with Crippen molar-refractivity contribution in [3.63, 3.8) is 0 Å². The van der Waals surface area contributed by atoms with E-state index >= 15 is 0 Å². The molecule has 10 rings (SSSR count). The molecule has 2 heterocycles. The van der Waals surface area contributed by atoms with Crippen LogP contribution in [0.25, 0.3) is 61.7 Å². The van der Waals surface area contributed by atoms with Gasteiger partial charge in [-0.3, -0.25) is 0 Å². The van der Waals surface area contributed by atoms with Crippen LogP contribution in [0.5, 0.6) is 0 Å². The molecule has 10 aromatic rings. The number of nitrogens with zero attached hydrogens (tertiary/aromatic N) is 5. The van der Waals surface area contributed by atoms with E-state index in [1.807, 2.05) is 24.3 Å². The summed E-state index contributed by atoms with van der Waals surface area (Å²) in [4.78, 5) is 15.8. The van der Waals surface area contributed by atoms with E-state index in [2.05, 4.69) is 200 Å². The number of para-hydroxylation sites is 1. The van der Waals surface area contributed by atoms with E-state index in [0.29, 0.717) is 23.0 Å². The van der Waals surface area contributed by atoms with Gasteiger partial charge in [0.1, 0.15) is 0 Å². The van der Waals surface area contributed by atoms with E-state index in [1.165, 1.54) is 20.7 Å². The molecular formula is C54H39N5Si. The summed E-state index contributed by atoms with van der Waals surface area (Å²) < 4.78 is 2.26. The van der Waals surface area contributed by atoms with Gasteiger partial charge >= 0.3 is 0 Å². The van der Waals surface area contributed by atoms with Gasteiger partial charge in [-0.15, -0.1) is 0 Å². The van der Waals surface area contributed by atoms with Crippen LogP contribution in [0.2, 0.25) is 0 Å². The van der Waals surface area contributed by atoms with Crippen molar-refractivity contribution in [3.8, 4) is 45.9 Å². The Kier molecular flexibility index (Phi) is 9.29. The Morgan fingerprint density at radius 3 is 1.52 bits per heavy atom. The first-order chi connectivity index (χ1) is 29.5. The van der Waals surface area contributed by atoms with E-state index < -0.39 is 8.07 Å². The molecule has 0 aliphatic rings. The zero-order chi connectivity index (χ0) is 40.6. The topological polar surface area (TPSA) is 67.4 Å². The largest absolute Gasteiger partial charge is 0.309 e. The summed E-state index contributed by atoms with van der Waals surface area (Å²) in [5.74, 6) is 1.82. The third-order valence-electron chi connectivity index (χ3n) is 11.5. The SMILES string of the molecule is Cc1cc(C)cc(-c2nc(-c3cccc(-n4c5ccccc5c5cc(C#N)ccc54)c3)nc(-c3cccc([Si](c4ccccc4)(c4ccccc4)c4ccccc4)c3)n2)c1. The van der Waals surface area contributed by atoms with Gasteiger partial charge in [-0.25, -0.2) is 15.0 Å². The number of hydrogen-bond donors (Lipinski definition) is 0. The molecule has 0 radical (unpaired) electrons. The second kappa shape index (κ2) is 15.2. The fraction of sp³-hybridized carbons (Fsp3) is 0.0370. The fourth-order valence-corrected chi connectivity index (χ4v) is 13.7. The molecule has 60 heavy (non-hydrogen) atoms. The molecule has 0 atom stereocenters. The van der Waals surface area contributed by atoms with Crippen LogP contribution >= 0.6 is 0 Å². The van der Waals surface area contributed by atoms with Crippen molar-refractivity contribution in [3.05, 3.63) is 217 Å². The molecule has 0 aliphatic carbocycles. The molecule has 0 saturated carbocycles. The molecule has 2 aromatic heterocycles. The quantitative estimate of drug-likeness (QED) is 0.114. The average molecular weight is 786 g/mol. The van der Waals surface area contributed by atoms with Crippen molar-refractivity contribution < 1.29 is 0 Å². The molecule has 0 unspecified atom stereocenters. The maximum Gasteiger partial charge on any atom is 0.179 e. The molecule has 8 aromatic carbocycles. The lowest BCUT2D eigenvalue weighted by molar-refractivity contribution is 1.07. The summed E-state index contributed by atoms with van der Waals surface area (Å²) in [6.45, 7) is 4.22. The molecule has 0 amide bonds. The van der Waals surface area contributed by atoms with Gasteiger partial charge in [0, 0.05) is 33.2 Å². The normalized spacial score (nSPS) is 11.5. The van der Waals surface area contributed by atoms with Crippen LogP contribution in [-0.2, 0) is 0 Å². The number of nitriles is 1. The Hall–Kier alpha value is -7.72. The Labute approximate surface area is 350 Å². The van der Waals surface area contributed by atoms with Gasteiger partial charge in [-0.1, -0.05) is 163 Å². The summed E-state index contributed by atoms with van der Waals surface area (Å²) in [6, 6.07) is 73.2. The predicted octanol–water partition coefficient (Wildman–Crippen LogP) is 9.84. The molecule has 0 saturated heterocycles. The van der Waals surface area contributed by atoms with Gasteiger partial charge in [-0.2, -0.15) is 5.26 Å². The second-order valence-electron chi connectivity index (χ2n) is 15.4. The third kappa shape index (κ3) is 6.38. The fourth-order valence-electron chi connectivity index (χ4n) is 8.93. The first-order valence-corrected chi connectivity index (χ1v) is 22.2. The minimum absolute atomic E-state index is 0.589. The number of hydrogen-bond acceptors (Lipinski definition) is 4. The smallest absolute Gasteiger partial charge is 0.179 e. The summed E-state index contributed by atoms with van der Waals surface area (Å²) in [7, 11) is -2.82. The van der Waals surface area contributed by atoms with Gasteiger partial charge in [0.25, 0.3) is 0 Å². The summed E-state index contributed by atoms with van der Waals surface area (Å²) in [5.41, 5.74) is 8.74. The number of fused-ring (bicyclic) bond motifs is 3. The van der Waals surface area contributed by atoms with Gasteiger partial charge < -0.3 is 4.57 Å². The highest BCUT2D eigenvalue weighted by Gasteiger charge is 2.41. The van der Waals surface area contributed by atoms with Crippen LogP contribution in [0.15, 0.2) is 200 Å². The average Bonchev–Trinajstić information content (AvgIpc) is 3.64. The molecule has 6 heteroatoms. The number of aromatic nitrogens is 4. The number of benzene rings is 8. The molecule has 0 aliphatic heterocycles. The van der Waals surface area contributed by atoms with Crippen LogP contribution in [0.1, 0.15) is 16.7 Å². The first-order valence-electron chi connectivity index (χ1n) is 20.2. The standard InChI is InChI=1S/C54H39N5Si/c1-37-30-38(2)32-42(31-37)54-57-52(40-16-14-18-43(34-40)59-50-27-13-12-26-48(50)49-33-39(36-55)28-29-51(49)59)56-53(58-54)41-17-15-25-47(35-41)60(44-19-6-3-7-20-44,45-21-8-4-9-22-45)46-23-10-5-11-24-46/h3-35H,1-2H3. The van der Waals surface area contributed by atoms with Gasteiger partial charge in [0.15, 0.2) is 25.5 Å². The Morgan fingerprint density at radius 1 is 0.417 bits per heavy atom. The van der Waals surface area contributed by atoms with Crippen LogP contribution in [-0.4, -0.2) is 27.6 Å². The zero-order valence-electron chi connectivity index (χ0n) is 33.3. The van der Waals surface area contributed by atoms with Gasteiger partial charge in [0.2, 0.25) is 0 Å². The van der Waals surface area contributed by atoms with E-state index in [0.717, 1.165) is 55.3 Å². The van der Waals surface area contributed by atoms with Crippen LogP contribution in [0, 0.1) is 25.2 Å². The van der Waals surface area contributed by atoms with Gasteiger partial charge in [-0.05, 0) is 83.1 Å². The van der Waals surface area contributed by atoms with E-state index in [4.69, 9.17) is 15.0 Å². The monoisotopic (exact) mass is 785 g/mol. The van der Waals surface area contributed by atoms with E-state index in [1.54, 1.807) is 0 Å². The van der Waals surface area contributed by atoms with Crippen molar-refractivity contribution in [1.82, 2.24) is 19.5 Å². The molecular weight excluding hydrogens is 747 g/mol. The number of aryl methyl sites for hydroxylation is 2. The van der Waals surface area contributed by atoms with Crippen molar-refractivity contribution in [2.75, 3.05) is 0 Å². The van der Waals surface area contributed by atoms with Crippen LogP contribution in [0.4, 0.5) is 0 Å². The molecule has 0 bridgehead atoms. The van der Waals surface area contributed by atoms with E-state index in [9.17, 15) is 5.26 Å². The lowest BCUT2D eigenvalue weighted by Crippen LogP contribution is -2.74. The zero-order valence-corrected chi connectivity index (χ0v) is 34.3. The lowest BCUT2D eigenvalue weighted by atomic mass is 10.1. The molecule has 5 nitrogen and oxygen atoms in total.